The van der Waals surface area contributed by atoms with Crippen LogP contribution in [0.25, 0.3) is 0 Å². The summed E-state index contributed by atoms with van der Waals surface area (Å²) in [5, 5.41) is 1.47. The van der Waals surface area contributed by atoms with Crippen LogP contribution in [0.15, 0.2) is 61.2 Å². The van der Waals surface area contributed by atoms with Gasteiger partial charge in [0.05, 0.1) is 23.0 Å². The van der Waals surface area contributed by atoms with Crippen LogP contribution in [0.3, 0.4) is 0 Å². The average Bonchev–Trinajstić information content (AvgIpc) is 3.16. The van der Waals surface area contributed by atoms with Crippen LogP contribution in [0.5, 0.6) is 5.75 Å². The van der Waals surface area contributed by atoms with Crippen molar-refractivity contribution < 1.29 is 4.74 Å². The van der Waals surface area contributed by atoms with Gasteiger partial charge in [-0.25, -0.2) is 4.98 Å². The van der Waals surface area contributed by atoms with Crippen LogP contribution < -0.4 is 4.74 Å². The summed E-state index contributed by atoms with van der Waals surface area (Å²) in [4.78, 5) is 4.15. The number of hydrogen-bond acceptors (Lipinski definition) is 3. The third-order valence-corrected chi connectivity index (χ3v) is 6.00. The Kier molecular flexibility index (Phi) is 6.89. The first kappa shape index (κ1) is 19.2. The molecular formula is C20H20Cl2N2OS. The van der Waals surface area contributed by atoms with Gasteiger partial charge in [-0.2, -0.15) is 0 Å². The summed E-state index contributed by atoms with van der Waals surface area (Å²) in [6.07, 6.45) is 5.64. The van der Waals surface area contributed by atoms with Gasteiger partial charge in [0.25, 0.3) is 0 Å². The van der Waals surface area contributed by atoms with Gasteiger partial charge < -0.3 is 9.30 Å². The smallest absolute Gasteiger partial charge is 0.119 e. The molecular weight excluding hydrogens is 387 g/mol. The lowest BCUT2D eigenvalue weighted by Crippen LogP contribution is -2.05. The fraction of sp³-hybridized carbons (Fsp3) is 0.250. The number of imidazole rings is 1. The van der Waals surface area contributed by atoms with Gasteiger partial charge in [-0.15, -0.1) is 11.8 Å². The molecule has 2 aromatic carbocycles. The number of rotatable bonds is 8. The molecule has 6 heteroatoms. The molecule has 0 saturated heterocycles. The zero-order chi connectivity index (χ0) is 18.4. The van der Waals surface area contributed by atoms with Crippen LogP contribution in [0.1, 0.15) is 23.3 Å². The van der Waals surface area contributed by atoms with Crippen LogP contribution in [-0.2, 0) is 12.3 Å². The summed E-state index contributed by atoms with van der Waals surface area (Å²) >= 11 is 14.0. The van der Waals surface area contributed by atoms with Gasteiger partial charge in [0.1, 0.15) is 5.75 Å². The lowest BCUT2D eigenvalue weighted by atomic mass is 10.1. The molecule has 0 radical (unpaired) electrons. The van der Waals surface area contributed by atoms with Crippen molar-refractivity contribution in [1.82, 2.24) is 9.55 Å². The first-order valence-electron chi connectivity index (χ1n) is 8.39. The first-order valence-corrected chi connectivity index (χ1v) is 10.2. The van der Waals surface area contributed by atoms with Crippen molar-refractivity contribution in [3.05, 3.63) is 82.4 Å². The van der Waals surface area contributed by atoms with Crippen molar-refractivity contribution in [2.75, 3.05) is 6.61 Å². The van der Waals surface area contributed by atoms with Crippen molar-refractivity contribution >= 4 is 35.0 Å². The fourth-order valence-corrected chi connectivity index (χ4v) is 4.13. The summed E-state index contributed by atoms with van der Waals surface area (Å²) in [6.45, 7) is 3.51. The SMILES string of the molecule is CCOc1ccc(C(Cn2ccnc2)SCc2ccc(Cl)c(Cl)c2)cc1. The van der Waals surface area contributed by atoms with E-state index in [4.69, 9.17) is 27.9 Å². The Morgan fingerprint density at radius 3 is 2.58 bits per heavy atom. The number of benzene rings is 2. The minimum absolute atomic E-state index is 0.286. The fourth-order valence-electron chi connectivity index (χ4n) is 2.61. The maximum absolute atomic E-state index is 6.14. The number of aromatic nitrogens is 2. The summed E-state index contributed by atoms with van der Waals surface area (Å²) in [6, 6.07) is 14.1. The van der Waals surface area contributed by atoms with Crippen LogP contribution in [-0.4, -0.2) is 16.2 Å². The molecule has 3 rings (SSSR count). The van der Waals surface area contributed by atoms with Crippen molar-refractivity contribution in [2.24, 2.45) is 0 Å². The zero-order valence-electron chi connectivity index (χ0n) is 14.4. The zero-order valence-corrected chi connectivity index (χ0v) is 16.8. The lowest BCUT2D eigenvalue weighted by Gasteiger charge is -2.18. The summed E-state index contributed by atoms with van der Waals surface area (Å²) < 4.78 is 7.65. The number of hydrogen-bond donors (Lipinski definition) is 0. The Labute approximate surface area is 168 Å². The Hall–Kier alpha value is -1.62. The maximum atomic E-state index is 6.14. The van der Waals surface area contributed by atoms with E-state index in [1.165, 1.54) is 5.56 Å². The average molecular weight is 407 g/mol. The highest BCUT2D eigenvalue weighted by molar-refractivity contribution is 7.98. The Bertz CT molecular complexity index is 822. The van der Waals surface area contributed by atoms with Crippen molar-refractivity contribution in [3.8, 4) is 5.75 Å². The van der Waals surface area contributed by atoms with Crippen molar-refractivity contribution in [3.63, 3.8) is 0 Å². The van der Waals surface area contributed by atoms with Gasteiger partial charge in [-0.1, -0.05) is 41.4 Å². The monoisotopic (exact) mass is 406 g/mol. The normalized spacial score (nSPS) is 12.1. The Balaban J connectivity index is 1.75. The lowest BCUT2D eigenvalue weighted by molar-refractivity contribution is 0.340. The van der Waals surface area contributed by atoms with E-state index in [9.17, 15) is 0 Å². The molecule has 0 aliphatic rings. The number of thioether (sulfide) groups is 1. The van der Waals surface area contributed by atoms with E-state index in [2.05, 4.69) is 21.7 Å². The first-order chi connectivity index (χ1) is 12.7. The predicted molar refractivity (Wildman–Crippen MR) is 110 cm³/mol. The van der Waals surface area contributed by atoms with Gasteiger partial charge in [-0.05, 0) is 42.3 Å². The second kappa shape index (κ2) is 9.36. The molecule has 3 nitrogen and oxygen atoms in total. The van der Waals surface area contributed by atoms with Gasteiger partial charge in [0.15, 0.2) is 0 Å². The van der Waals surface area contributed by atoms with E-state index >= 15 is 0 Å². The minimum atomic E-state index is 0.286. The topological polar surface area (TPSA) is 27.1 Å². The molecule has 26 heavy (non-hydrogen) atoms. The molecule has 0 saturated carbocycles. The van der Waals surface area contributed by atoms with Gasteiger partial charge in [0, 0.05) is 29.9 Å². The predicted octanol–water partition coefficient (Wildman–Crippen LogP) is 6.26. The number of nitrogens with zero attached hydrogens (tertiary/aromatic N) is 2. The largest absolute Gasteiger partial charge is 0.494 e. The molecule has 1 atom stereocenters. The van der Waals surface area contributed by atoms with Crippen molar-refractivity contribution in [1.29, 1.82) is 0 Å². The van der Waals surface area contributed by atoms with E-state index in [1.54, 1.807) is 6.20 Å². The Morgan fingerprint density at radius 1 is 1.12 bits per heavy atom. The molecule has 0 aliphatic carbocycles. The highest BCUT2D eigenvalue weighted by Gasteiger charge is 2.14. The van der Waals surface area contributed by atoms with Crippen LogP contribution in [0.4, 0.5) is 0 Å². The quantitative estimate of drug-likeness (QED) is 0.441. The van der Waals surface area contributed by atoms with E-state index in [0.717, 1.165) is 23.6 Å². The molecule has 1 aromatic heterocycles. The number of halogens is 2. The van der Waals surface area contributed by atoms with Gasteiger partial charge in [-0.3, -0.25) is 0 Å². The molecule has 0 spiro atoms. The third-order valence-electron chi connectivity index (χ3n) is 3.93. The molecule has 0 amide bonds. The standard InChI is InChI=1S/C20H20Cl2N2OS/c1-2-25-17-6-4-16(5-7-17)20(12-24-10-9-23-14-24)26-13-15-3-8-18(21)19(22)11-15/h3-11,14,20H,2,12-13H2,1H3. The van der Waals surface area contributed by atoms with E-state index in [0.29, 0.717) is 16.7 Å². The van der Waals surface area contributed by atoms with E-state index < -0.39 is 0 Å². The molecule has 0 aliphatic heterocycles. The molecule has 1 unspecified atom stereocenters. The second-order valence-electron chi connectivity index (χ2n) is 5.81. The molecule has 136 valence electrons. The highest BCUT2D eigenvalue weighted by atomic mass is 35.5. The third kappa shape index (κ3) is 5.19. The van der Waals surface area contributed by atoms with E-state index in [1.807, 2.05) is 61.5 Å². The number of ether oxygens (including phenoxy) is 1. The molecule has 0 N–H and O–H groups in total. The molecule has 3 aromatic rings. The summed E-state index contributed by atoms with van der Waals surface area (Å²) in [5.74, 6) is 1.75. The second-order valence-corrected chi connectivity index (χ2v) is 7.82. The summed E-state index contributed by atoms with van der Waals surface area (Å²) in [7, 11) is 0. The van der Waals surface area contributed by atoms with Gasteiger partial charge in [0.2, 0.25) is 0 Å². The molecule has 0 fully saturated rings. The highest BCUT2D eigenvalue weighted by Crippen LogP contribution is 2.35. The molecule has 0 bridgehead atoms. The Morgan fingerprint density at radius 2 is 1.92 bits per heavy atom. The van der Waals surface area contributed by atoms with E-state index in [-0.39, 0.29) is 5.25 Å². The van der Waals surface area contributed by atoms with Gasteiger partial charge >= 0.3 is 0 Å². The maximum Gasteiger partial charge on any atom is 0.119 e. The van der Waals surface area contributed by atoms with Crippen LogP contribution in [0, 0.1) is 0 Å². The van der Waals surface area contributed by atoms with Crippen LogP contribution >= 0.6 is 35.0 Å². The minimum Gasteiger partial charge on any atom is -0.494 e. The van der Waals surface area contributed by atoms with Crippen LogP contribution in [0.2, 0.25) is 10.0 Å². The molecule has 1 heterocycles. The van der Waals surface area contributed by atoms with Crippen molar-refractivity contribution in [2.45, 2.75) is 24.5 Å². The summed E-state index contributed by atoms with van der Waals surface area (Å²) in [5.41, 5.74) is 2.41.